The van der Waals surface area contributed by atoms with Crippen LogP contribution in [-0.2, 0) is 11.3 Å². The van der Waals surface area contributed by atoms with Gasteiger partial charge in [0, 0.05) is 35.0 Å². The van der Waals surface area contributed by atoms with Crippen molar-refractivity contribution in [2.45, 2.75) is 6.54 Å². The molecule has 0 atom stereocenters. The summed E-state index contributed by atoms with van der Waals surface area (Å²) in [5.74, 6) is -0.400. The number of benzene rings is 1. The molecular weight excluding hydrogens is 410 g/mol. The number of amides is 1. The van der Waals surface area contributed by atoms with Gasteiger partial charge in [0.2, 0.25) is 5.91 Å². The predicted octanol–water partition coefficient (Wildman–Crippen LogP) is 3.72. The van der Waals surface area contributed by atoms with E-state index in [9.17, 15) is 9.59 Å². The number of hydrogen-bond donors (Lipinski definition) is 1. The smallest absolute Gasteiger partial charge is 0.267 e. The number of aromatic nitrogens is 4. The maximum atomic E-state index is 12.4. The van der Waals surface area contributed by atoms with E-state index in [1.165, 1.54) is 17.4 Å². The molecule has 0 unspecified atom stereocenters. The molecular formula is C20H14ClN5O2S. The molecule has 0 aliphatic carbocycles. The molecule has 0 aliphatic rings. The van der Waals surface area contributed by atoms with Gasteiger partial charge in [0.25, 0.3) is 5.56 Å². The Balaban J connectivity index is 1.50. The first-order valence-electron chi connectivity index (χ1n) is 8.59. The molecule has 3 heterocycles. The van der Waals surface area contributed by atoms with Crippen molar-refractivity contribution in [1.82, 2.24) is 19.7 Å². The Morgan fingerprint density at radius 3 is 2.76 bits per heavy atom. The van der Waals surface area contributed by atoms with E-state index in [2.05, 4.69) is 20.4 Å². The summed E-state index contributed by atoms with van der Waals surface area (Å²) < 4.78 is 1.10. The minimum absolute atomic E-state index is 0.237. The number of pyridine rings is 1. The van der Waals surface area contributed by atoms with Crippen LogP contribution in [0.1, 0.15) is 0 Å². The maximum absolute atomic E-state index is 12.4. The van der Waals surface area contributed by atoms with Crippen LogP contribution in [0.3, 0.4) is 0 Å². The number of thiazole rings is 1. The average Bonchev–Trinajstić information content (AvgIpc) is 3.19. The zero-order valence-electron chi connectivity index (χ0n) is 14.9. The Hall–Kier alpha value is -3.36. The summed E-state index contributed by atoms with van der Waals surface area (Å²) in [6, 6.07) is 13.8. The molecule has 0 fully saturated rings. The van der Waals surface area contributed by atoms with Crippen molar-refractivity contribution >= 4 is 34.0 Å². The highest BCUT2D eigenvalue weighted by Crippen LogP contribution is 2.25. The third kappa shape index (κ3) is 4.39. The Morgan fingerprint density at radius 1 is 1.10 bits per heavy atom. The van der Waals surface area contributed by atoms with Crippen LogP contribution in [-0.4, -0.2) is 25.7 Å². The number of nitrogens with zero attached hydrogens (tertiary/aromatic N) is 4. The average molecular weight is 424 g/mol. The standard InChI is InChI=1S/C20H14ClN5O2S/c21-15-6-2-1-5-14(15)16-7-8-19(28)26(25-16)11-18(27)24-20-23-17(12-29-20)13-4-3-9-22-10-13/h1-10,12H,11H2,(H,23,24,27). The first kappa shape index (κ1) is 19.0. The number of rotatable bonds is 5. The second-order valence-corrected chi connectivity index (χ2v) is 7.29. The van der Waals surface area contributed by atoms with Crippen LogP contribution in [0.25, 0.3) is 22.5 Å². The van der Waals surface area contributed by atoms with E-state index < -0.39 is 5.91 Å². The van der Waals surface area contributed by atoms with Crippen LogP contribution in [0.2, 0.25) is 5.02 Å². The van der Waals surface area contributed by atoms with Gasteiger partial charge in [-0.25, -0.2) is 9.67 Å². The van der Waals surface area contributed by atoms with E-state index in [1.54, 1.807) is 30.6 Å². The quantitative estimate of drug-likeness (QED) is 0.528. The highest BCUT2D eigenvalue weighted by atomic mass is 35.5. The molecule has 1 N–H and O–H groups in total. The van der Waals surface area contributed by atoms with E-state index in [4.69, 9.17) is 11.6 Å². The van der Waals surface area contributed by atoms with E-state index >= 15 is 0 Å². The number of hydrogen-bond acceptors (Lipinski definition) is 6. The molecule has 9 heteroatoms. The topological polar surface area (TPSA) is 89.8 Å². The highest BCUT2D eigenvalue weighted by molar-refractivity contribution is 7.14. The van der Waals surface area contributed by atoms with Crippen molar-refractivity contribution in [3.05, 3.63) is 81.7 Å². The van der Waals surface area contributed by atoms with Gasteiger partial charge in [0.15, 0.2) is 5.13 Å². The number of carbonyl (C=O) groups excluding carboxylic acids is 1. The molecule has 3 aromatic heterocycles. The Morgan fingerprint density at radius 2 is 1.97 bits per heavy atom. The summed E-state index contributed by atoms with van der Waals surface area (Å²) in [6.45, 7) is -0.237. The summed E-state index contributed by atoms with van der Waals surface area (Å²) in [7, 11) is 0. The number of carbonyl (C=O) groups is 1. The molecule has 0 saturated heterocycles. The fourth-order valence-electron chi connectivity index (χ4n) is 2.65. The van der Waals surface area contributed by atoms with Gasteiger partial charge in [-0.15, -0.1) is 11.3 Å². The lowest BCUT2D eigenvalue weighted by atomic mass is 10.1. The number of nitrogens with one attached hydrogen (secondary N) is 1. The molecule has 0 aliphatic heterocycles. The van der Waals surface area contributed by atoms with Crippen LogP contribution in [0.15, 0.2) is 71.1 Å². The molecule has 4 rings (SSSR count). The summed E-state index contributed by atoms with van der Waals surface area (Å²) in [5, 5.41) is 9.75. The van der Waals surface area contributed by atoms with Crippen molar-refractivity contribution in [3.8, 4) is 22.5 Å². The molecule has 0 saturated carbocycles. The molecule has 0 bridgehead atoms. The molecule has 7 nitrogen and oxygen atoms in total. The second kappa shape index (κ2) is 8.34. The fourth-order valence-corrected chi connectivity index (χ4v) is 3.62. The van der Waals surface area contributed by atoms with E-state index in [-0.39, 0.29) is 12.1 Å². The SMILES string of the molecule is O=C(Cn1nc(-c2ccccc2Cl)ccc1=O)Nc1nc(-c2cccnc2)cs1. The van der Waals surface area contributed by atoms with Crippen LogP contribution in [0.5, 0.6) is 0 Å². The molecule has 144 valence electrons. The van der Waals surface area contributed by atoms with Gasteiger partial charge in [0.05, 0.1) is 16.4 Å². The van der Waals surface area contributed by atoms with E-state index in [1.807, 2.05) is 29.6 Å². The largest absolute Gasteiger partial charge is 0.300 e. The van der Waals surface area contributed by atoms with Crippen molar-refractivity contribution in [3.63, 3.8) is 0 Å². The van der Waals surface area contributed by atoms with Gasteiger partial charge >= 0.3 is 0 Å². The summed E-state index contributed by atoms with van der Waals surface area (Å²) in [6.07, 6.45) is 3.38. The lowest BCUT2D eigenvalue weighted by Crippen LogP contribution is -2.29. The van der Waals surface area contributed by atoms with Crippen molar-refractivity contribution in [2.24, 2.45) is 0 Å². The van der Waals surface area contributed by atoms with Gasteiger partial charge in [0.1, 0.15) is 6.54 Å². The second-order valence-electron chi connectivity index (χ2n) is 6.02. The number of anilines is 1. The van der Waals surface area contributed by atoms with Gasteiger partial charge in [-0.1, -0.05) is 29.8 Å². The van der Waals surface area contributed by atoms with Crippen LogP contribution in [0, 0.1) is 0 Å². The Bertz CT molecular complexity index is 1220. The lowest BCUT2D eigenvalue weighted by Gasteiger charge is -2.08. The first-order valence-corrected chi connectivity index (χ1v) is 9.85. The van der Waals surface area contributed by atoms with Gasteiger partial charge in [-0.05, 0) is 24.3 Å². The normalized spacial score (nSPS) is 10.7. The zero-order chi connectivity index (χ0) is 20.2. The van der Waals surface area contributed by atoms with Crippen LogP contribution >= 0.6 is 22.9 Å². The van der Waals surface area contributed by atoms with Gasteiger partial charge in [-0.3, -0.25) is 14.6 Å². The first-order chi connectivity index (χ1) is 14.1. The van der Waals surface area contributed by atoms with Gasteiger partial charge in [-0.2, -0.15) is 5.10 Å². The minimum Gasteiger partial charge on any atom is -0.300 e. The summed E-state index contributed by atoms with van der Waals surface area (Å²) in [5.41, 5.74) is 2.38. The highest BCUT2D eigenvalue weighted by Gasteiger charge is 2.12. The third-order valence-electron chi connectivity index (χ3n) is 4.02. The van der Waals surface area contributed by atoms with E-state index in [0.717, 1.165) is 15.9 Å². The Kier molecular flexibility index (Phi) is 5.46. The van der Waals surface area contributed by atoms with Gasteiger partial charge < -0.3 is 5.32 Å². The van der Waals surface area contributed by atoms with Crippen LogP contribution in [0.4, 0.5) is 5.13 Å². The number of halogens is 1. The molecule has 0 spiro atoms. The zero-order valence-corrected chi connectivity index (χ0v) is 16.5. The molecule has 0 radical (unpaired) electrons. The molecule has 4 aromatic rings. The predicted molar refractivity (Wildman–Crippen MR) is 113 cm³/mol. The Labute approximate surface area is 174 Å². The molecule has 1 amide bonds. The third-order valence-corrected chi connectivity index (χ3v) is 5.10. The summed E-state index contributed by atoms with van der Waals surface area (Å²) in [4.78, 5) is 33.0. The minimum atomic E-state index is -0.400. The fraction of sp³-hybridized carbons (Fsp3) is 0.0500. The molecule has 1 aromatic carbocycles. The molecule has 29 heavy (non-hydrogen) atoms. The summed E-state index contributed by atoms with van der Waals surface area (Å²) >= 11 is 7.49. The monoisotopic (exact) mass is 423 g/mol. The van der Waals surface area contributed by atoms with Crippen molar-refractivity contribution in [2.75, 3.05) is 5.32 Å². The van der Waals surface area contributed by atoms with Crippen molar-refractivity contribution in [1.29, 1.82) is 0 Å². The lowest BCUT2D eigenvalue weighted by molar-refractivity contribution is -0.117. The van der Waals surface area contributed by atoms with E-state index in [0.29, 0.717) is 21.4 Å². The maximum Gasteiger partial charge on any atom is 0.267 e. The van der Waals surface area contributed by atoms with Crippen LogP contribution < -0.4 is 10.9 Å². The van der Waals surface area contributed by atoms with Crippen molar-refractivity contribution < 1.29 is 4.79 Å².